The first-order valence-corrected chi connectivity index (χ1v) is 15.4. The Kier molecular flexibility index (Phi) is 5.44. The van der Waals surface area contributed by atoms with Gasteiger partial charge in [-0.15, -0.1) is 0 Å². The first-order valence-electron chi connectivity index (χ1n) is 13.6. The number of hydrogen-bond acceptors (Lipinski definition) is 4. The number of imide groups is 2. The molecule has 1 aromatic heterocycles. The number of para-hydroxylation sites is 3. The van der Waals surface area contributed by atoms with Crippen LogP contribution in [0.2, 0.25) is 0 Å². The van der Waals surface area contributed by atoms with Gasteiger partial charge in [0.05, 0.1) is 0 Å². The molecule has 1 fully saturated rings. The molecule has 4 aromatic rings. The summed E-state index contributed by atoms with van der Waals surface area (Å²) in [4.78, 5) is 44.5. The number of likely N-dealkylation sites (N-methyl/N-ethyl adjacent to an activating group) is 1. The number of hydrogen-bond donors (Lipinski definition) is 0. The Hall–Kier alpha value is -4.19. The van der Waals surface area contributed by atoms with Gasteiger partial charge in [-0.3, -0.25) is 0 Å². The molecule has 0 radical (unpaired) electrons. The molecule has 0 spiro atoms. The first kappa shape index (κ1) is 25.8. The Morgan fingerprint density at radius 1 is 0.683 bits per heavy atom. The zero-order chi connectivity index (χ0) is 28.8. The average Bonchev–Trinajstić information content (AvgIpc) is 3.39. The Morgan fingerprint density at radius 3 is 2.00 bits per heavy atom. The second-order valence-electron chi connectivity index (χ2n) is 11.9. The van der Waals surface area contributed by atoms with Crippen molar-refractivity contribution in [2.75, 3.05) is 16.8 Å². The van der Waals surface area contributed by atoms with Crippen LogP contribution < -0.4 is 9.80 Å². The molecule has 1 saturated heterocycles. The molecular weight excluding hydrogens is 577 g/mol. The topological polar surface area (TPSA) is 60.9 Å². The molecule has 0 atom stereocenters. The number of amides is 4. The van der Waals surface area contributed by atoms with Gasteiger partial charge in [-0.2, -0.15) is 0 Å². The minimum absolute atomic E-state index is 0.000104. The van der Waals surface area contributed by atoms with E-state index in [-0.39, 0.29) is 30.9 Å². The van der Waals surface area contributed by atoms with Gasteiger partial charge in [0.15, 0.2) is 0 Å². The SMILES string of the molecule is CN1C(=O)/C(=C\c2cc3c([se]2)N2c4ccccc4C(C)(C)c4cccc(c42)C3(C)C)C(=O)N(c2ccccc2)C1=O. The number of anilines is 4. The monoisotopic (exact) mass is 607 g/mol. The van der Waals surface area contributed by atoms with Gasteiger partial charge in [0.25, 0.3) is 0 Å². The Balaban J connectivity index is 1.41. The number of barbiturate groups is 1. The van der Waals surface area contributed by atoms with E-state index in [1.54, 1.807) is 30.3 Å². The molecule has 3 aromatic carbocycles. The predicted molar refractivity (Wildman–Crippen MR) is 162 cm³/mol. The molecule has 0 unspecified atom stereocenters. The van der Waals surface area contributed by atoms with E-state index >= 15 is 0 Å². The molecular formula is C34H29N3O3Se. The van der Waals surface area contributed by atoms with Gasteiger partial charge in [0, 0.05) is 0 Å². The van der Waals surface area contributed by atoms with Crippen LogP contribution in [0, 0.1) is 0 Å². The standard InChI is InChI=1S/C34H29N3O3Se/c1-33(2)23-14-9-10-17-27(23)37-28-24(33)15-11-16-25(28)34(3,4)26-19-21(41-31(26)37)18-22-29(38)35(5)32(40)36(30(22)39)20-12-7-6-8-13-20/h6-19H,1-5H3/b22-18+. The molecule has 204 valence electrons. The van der Waals surface area contributed by atoms with Gasteiger partial charge in [-0.05, 0) is 0 Å². The van der Waals surface area contributed by atoms with Crippen molar-refractivity contribution in [3.63, 3.8) is 0 Å². The Morgan fingerprint density at radius 2 is 1.29 bits per heavy atom. The van der Waals surface area contributed by atoms with Crippen molar-refractivity contribution in [1.82, 2.24) is 4.90 Å². The van der Waals surface area contributed by atoms with Crippen LogP contribution in [0.3, 0.4) is 0 Å². The molecule has 0 aliphatic carbocycles. The molecule has 4 heterocycles. The summed E-state index contributed by atoms with van der Waals surface area (Å²) in [5.41, 5.74) is 7.46. The van der Waals surface area contributed by atoms with Crippen molar-refractivity contribution in [2.24, 2.45) is 0 Å². The fourth-order valence-electron chi connectivity index (χ4n) is 6.48. The molecule has 4 amide bonds. The van der Waals surface area contributed by atoms with Crippen LogP contribution in [0.5, 0.6) is 0 Å². The summed E-state index contributed by atoms with van der Waals surface area (Å²) in [6, 6.07) is 25.5. The van der Waals surface area contributed by atoms with Crippen molar-refractivity contribution < 1.29 is 14.4 Å². The van der Waals surface area contributed by atoms with E-state index < -0.39 is 17.8 Å². The van der Waals surface area contributed by atoms with Crippen LogP contribution in [0.1, 0.15) is 54.4 Å². The molecule has 7 rings (SSSR count). The normalized spacial score (nSPS) is 19.3. The van der Waals surface area contributed by atoms with Crippen molar-refractivity contribution >= 4 is 60.0 Å². The summed E-state index contributed by atoms with van der Waals surface area (Å²) in [6.07, 6.45) is 1.71. The van der Waals surface area contributed by atoms with Gasteiger partial charge < -0.3 is 0 Å². The number of carbonyl (C=O) groups is 3. The van der Waals surface area contributed by atoms with Gasteiger partial charge in [-0.1, -0.05) is 0 Å². The van der Waals surface area contributed by atoms with E-state index in [1.807, 2.05) is 6.07 Å². The van der Waals surface area contributed by atoms with Crippen LogP contribution in [-0.4, -0.2) is 44.3 Å². The number of urea groups is 1. The van der Waals surface area contributed by atoms with Gasteiger partial charge in [-0.25, -0.2) is 0 Å². The fourth-order valence-corrected chi connectivity index (χ4v) is 9.17. The van der Waals surface area contributed by atoms with Crippen molar-refractivity contribution in [3.8, 4) is 0 Å². The maximum absolute atomic E-state index is 13.7. The summed E-state index contributed by atoms with van der Waals surface area (Å²) in [7, 11) is 1.42. The van der Waals surface area contributed by atoms with E-state index in [0.29, 0.717) is 5.69 Å². The maximum atomic E-state index is 13.7. The van der Waals surface area contributed by atoms with Crippen molar-refractivity contribution in [1.29, 1.82) is 0 Å². The summed E-state index contributed by atoms with van der Waals surface area (Å²) in [5.74, 6) is -1.18. The van der Waals surface area contributed by atoms with E-state index in [1.165, 1.54) is 45.2 Å². The quantitative estimate of drug-likeness (QED) is 0.149. The van der Waals surface area contributed by atoms with Crippen LogP contribution in [0.15, 0.2) is 84.4 Å². The third kappa shape index (κ3) is 3.46. The Bertz CT molecular complexity index is 1830. The van der Waals surface area contributed by atoms with Gasteiger partial charge >= 0.3 is 246 Å². The molecule has 0 bridgehead atoms. The second kappa shape index (κ2) is 8.65. The van der Waals surface area contributed by atoms with Crippen LogP contribution in [0.25, 0.3) is 6.08 Å². The molecule has 3 aliphatic rings. The molecule has 41 heavy (non-hydrogen) atoms. The molecule has 0 N–H and O–H groups in total. The van der Waals surface area contributed by atoms with Crippen LogP contribution in [0.4, 0.5) is 26.4 Å². The first-order chi connectivity index (χ1) is 19.5. The van der Waals surface area contributed by atoms with Gasteiger partial charge in [0.1, 0.15) is 0 Å². The van der Waals surface area contributed by atoms with Gasteiger partial charge in [0.2, 0.25) is 0 Å². The van der Waals surface area contributed by atoms with Crippen molar-refractivity contribution in [2.45, 2.75) is 38.5 Å². The third-order valence-electron chi connectivity index (χ3n) is 8.78. The van der Waals surface area contributed by atoms with Crippen molar-refractivity contribution in [3.05, 3.63) is 111 Å². The molecule has 7 heteroatoms. The number of carbonyl (C=O) groups excluding carboxylic acids is 3. The van der Waals surface area contributed by atoms with Crippen LogP contribution in [-0.2, 0) is 20.4 Å². The number of benzene rings is 3. The number of rotatable bonds is 2. The number of fused-ring (bicyclic) bond motifs is 4. The summed E-state index contributed by atoms with van der Waals surface area (Å²) in [5, 5.41) is 0. The molecule has 3 aliphatic heterocycles. The molecule has 0 saturated carbocycles. The fraction of sp³-hybridized carbons (Fsp3) is 0.206. The van der Waals surface area contributed by atoms with E-state index in [2.05, 4.69) is 81.1 Å². The zero-order valence-electron chi connectivity index (χ0n) is 23.6. The van der Waals surface area contributed by atoms with E-state index in [4.69, 9.17) is 0 Å². The molecule has 6 nitrogen and oxygen atoms in total. The summed E-state index contributed by atoms with van der Waals surface area (Å²) >= 11 is -0.183. The Labute approximate surface area is 245 Å². The summed E-state index contributed by atoms with van der Waals surface area (Å²) in [6.45, 7) is 9.10. The predicted octanol–water partition coefficient (Wildman–Crippen LogP) is 6.50. The summed E-state index contributed by atoms with van der Waals surface area (Å²) < 4.78 is 2.15. The third-order valence-corrected chi connectivity index (χ3v) is 11.0. The van der Waals surface area contributed by atoms with Crippen LogP contribution >= 0.6 is 0 Å². The zero-order valence-corrected chi connectivity index (χ0v) is 25.3. The van der Waals surface area contributed by atoms with E-state index in [9.17, 15) is 14.4 Å². The second-order valence-corrected chi connectivity index (χ2v) is 14.1. The number of nitrogens with zero attached hydrogens (tertiary/aromatic N) is 3. The minimum atomic E-state index is -0.650. The average molecular weight is 607 g/mol. The van der Waals surface area contributed by atoms with E-state index in [0.717, 1.165) is 14.2 Å².